The minimum atomic E-state index is -0.862. The van der Waals surface area contributed by atoms with E-state index in [1.54, 1.807) is 24.3 Å². The van der Waals surface area contributed by atoms with Gasteiger partial charge in [-0.2, -0.15) is 0 Å². The van der Waals surface area contributed by atoms with Crippen molar-refractivity contribution >= 4 is 32.9 Å². The van der Waals surface area contributed by atoms with E-state index < -0.39 is 27.0 Å². The third-order valence-corrected chi connectivity index (χ3v) is 4.08. The second-order valence-electron chi connectivity index (χ2n) is 4.36. The molecular formula is C13H7N3O5S. The monoisotopic (exact) mass is 317 g/mol. The van der Waals surface area contributed by atoms with Crippen molar-refractivity contribution in [2.24, 2.45) is 0 Å². The van der Waals surface area contributed by atoms with E-state index in [2.05, 4.69) is 4.98 Å². The summed E-state index contributed by atoms with van der Waals surface area (Å²) in [6.45, 7) is 0. The van der Waals surface area contributed by atoms with Crippen molar-refractivity contribution in [1.29, 1.82) is 0 Å². The van der Waals surface area contributed by atoms with Crippen molar-refractivity contribution in [1.82, 2.24) is 4.98 Å². The second kappa shape index (κ2) is 5.04. The quantitative estimate of drug-likeness (QED) is 0.583. The second-order valence-corrected chi connectivity index (χ2v) is 5.39. The van der Waals surface area contributed by atoms with Crippen LogP contribution in [0.1, 0.15) is 0 Å². The predicted octanol–water partition coefficient (Wildman–Crippen LogP) is 3.49. The maximum absolute atomic E-state index is 11.0. The van der Waals surface area contributed by atoms with Crippen LogP contribution in [0.25, 0.3) is 20.8 Å². The lowest BCUT2D eigenvalue weighted by molar-refractivity contribution is -0.394. The molecule has 1 aromatic heterocycles. The molecule has 0 radical (unpaired) electrons. The first-order chi connectivity index (χ1) is 10.5. The number of nitro benzene ring substituents is 2. The number of nitrogens with zero attached hydrogens (tertiary/aromatic N) is 3. The molecule has 110 valence electrons. The fraction of sp³-hybridized carbons (Fsp3) is 0. The van der Waals surface area contributed by atoms with Gasteiger partial charge < -0.3 is 5.11 Å². The summed E-state index contributed by atoms with van der Waals surface area (Å²) in [6.07, 6.45) is 0. The maximum atomic E-state index is 11.0. The molecule has 1 heterocycles. The molecule has 0 amide bonds. The van der Waals surface area contributed by atoms with E-state index in [0.29, 0.717) is 5.52 Å². The van der Waals surface area contributed by atoms with Crippen LogP contribution in [0.2, 0.25) is 0 Å². The van der Waals surface area contributed by atoms with Gasteiger partial charge >= 0.3 is 5.69 Å². The average Bonchev–Trinajstić information content (AvgIpc) is 2.90. The van der Waals surface area contributed by atoms with Crippen molar-refractivity contribution in [3.05, 3.63) is 56.6 Å². The van der Waals surface area contributed by atoms with Crippen LogP contribution in [-0.4, -0.2) is 19.9 Å². The van der Waals surface area contributed by atoms with E-state index in [9.17, 15) is 25.3 Å². The van der Waals surface area contributed by atoms with Crippen LogP contribution in [-0.2, 0) is 0 Å². The molecule has 0 atom stereocenters. The van der Waals surface area contributed by atoms with Gasteiger partial charge in [0.05, 0.1) is 31.7 Å². The van der Waals surface area contributed by atoms with E-state index in [1.165, 1.54) is 11.3 Å². The van der Waals surface area contributed by atoms with E-state index in [-0.39, 0.29) is 10.6 Å². The topological polar surface area (TPSA) is 119 Å². The third kappa shape index (κ3) is 2.23. The number of nitro groups is 2. The van der Waals surface area contributed by atoms with Gasteiger partial charge in [0.2, 0.25) is 5.75 Å². The largest absolute Gasteiger partial charge is 0.502 e. The van der Waals surface area contributed by atoms with Crippen LogP contribution < -0.4 is 0 Å². The maximum Gasteiger partial charge on any atom is 0.318 e. The van der Waals surface area contributed by atoms with Crippen LogP contribution in [0.4, 0.5) is 11.4 Å². The summed E-state index contributed by atoms with van der Waals surface area (Å²) in [5.74, 6) is -0.630. The van der Waals surface area contributed by atoms with Crippen LogP contribution in [0.5, 0.6) is 5.75 Å². The number of thiazole rings is 1. The van der Waals surface area contributed by atoms with Crippen molar-refractivity contribution in [2.75, 3.05) is 0 Å². The molecule has 0 aliphatic rings. The molecule has 3 rings (SSSR count). The van der Waals surface area contributed by atoms with Crippen LogP contribution >= 0.6 is 11.3 Å². The highest BCUT2D eigenvalue weighted by molar-refractivity contribution is 7.21. The first-order valence-corrected chi connectivity index (χ1v) is 6.81. The van der Waals surface area contributed by atoms with Crippen LogP contribution in [0.15, 0.2) is 36.4 Å². The third-order valence-electron chi connectivity index (χ3n) is 3.01. The fourth-order valence-electron chi connectivity index (χ4n) is 2.00. The number of aromatic nitrogens is 1. The standard InChI is InChI=1S/C13H7N3O5S/c17-12-8(5-7(15(18)19)6-10(12)16(20)21)13-14-9-3-1-2-4-11(9)22-13/h1-6,17H. The molecule has 0 unspecified atom stereocenters. The van der Waals surface area contributed by atoms with Gasteiger partial charge in [-0.15, -0.1) is 11.3 Å². The smallest absolute Gasteiger partial charge is 0.318 e. The van der Waals surface area contributed by atoms with E-state index >= 15 is 0 Å². The van der Waals surface area contributed by atoms with Crippen molar-refractivity contribution in [2.45, 2.75) is 0 Å². The Labute approximate surface area is 126 Å². The Morgan fingerprint density at radius 1 is 1.09 bits per heavy atom. The SMILES string of the molecule is O=[N+]([O-])c1cc(-c2nc3ccccc3s2)c(O)c([N+](=O)[O-])c1. The number of phenols is 1. The number of non-ortho nitro benzene ring substituents is 1. The molecule has 0 saturated carbocycles. The summed E-state index contributed by atoms with van der Waals surface area (Å²) in [7, 11) is 0. The molecule has 9 heteroatoms. The lowest BCUT2D eigenvalue weighted by Gasteiger charge is -2.02. The number of para-hydroxylation sites is 1. The molecule has 1 N–H and O–H groups in total. The van der Waals surface area contributed by atoms with E-state index in [4.69, 9.17) is 0 Å². The number of fused-ring (bicyclic) bond motifs is 1. The molecule has 0 bridgehead atoms. The van der Waals surface area contributed by atoms with E-state index in [0.717, 1.165) is 16.8 Å². The molecule has 0 saturated heterocycles. The molecule has 8 nitrogen and oxygen atoms in total. The Hall–Kier alpha value is -3.07. The lowest BCUT2D eigenvalue weighted by atomic mass is 10.1. The predicted molar refractivity (Wildman–Crippen MR) is 80.0 cm³/mol. The van der Waals surface area contributed by atoms with Gasteiger partial charge in [0.25, 0.3) is 5.69 Å². The first-order valence-electron chi connectivity index (χ1n) is 5.99. The van der Waals surface area contributed by atoms with Gasteiger partial charge in [0, 0.05) is 6.07 Å². The summed E-state index contributed by atoms with van der Waals surface area (Å²) in [4.78, 5) is 24.5. The Balaban J connectivity index is 2.28. The van der Waals surface area contributed by atoms with Gasteiger partial charge in [-0.05, 0) is 12.1 Å². The molecule has 0 fully saturated rings. The minimum absolute atomic E-state index is 0.0258. The number of phenolic OH excluding ortho intramolecular Hbond substituents is 1. The lowest BCUT2D eigenvalue weighted by Crippen LogP contribution is -1.95. The average molecular weight is 317 g/mol. The summed E-state index contributed by atoms with van der Waals surface area (Å²) in [5.41, 5.74) is -0.569. The van der Waals surface area contributed by atoms with Gasteiger partial charge in [-0.25, -0.2) is 4.98 Å². The number of benzene rings is 2. The molecular weight excluding hydrogens is 310 g/mol. The zero-order valence-electron chi connectivity index (χ0n) is 10.8. The Morgan fingerprint density at radius 3 is 2.45 bits per heavy atom. The Morgan fingerprint density at radius 2 is 1.82 bits per heavy atom. The number of rotatable bonds is 3. The van der Waals surface area contributed by atoms with Gasteiger partial charge in [-0.3, -0.25) is 20.2 Å². The Kier molecular flexibility index (Phi) is 3.18. The summed E-state index contributed by atoms with van der Waals surface area (Å²) in [6, 6.07) is 8.95. The number of hydrogen-bond acceptors (Lipinski definition) is 7. The molecule has 2 aromatic carbocycles. The Bertz CT molecular complexity index is 888. The van der Waals surface area contributed by atoms with Gasteiger partial charge in [0.15, 0.2) is 0 Å². The first kappa shape index (κ1) is 13.9. The molecule has 3 aromatic rings. The summed E-state index contributed by atoms with van der Waals surface area (Å²) < 4.78 is 0.811. The number of aromatic hydroxyl groups is 1. The highest BCUT2D eigenvalue weighted by Gasteiger charge is 2.26. The molecule has 22 heavy (non-hydrogen) atoms. The van der Waals surface area contributed by atoms with Crippen molar-refractivity contribution < 1.29 is 15.0 Å². The fourth-order valence-corrected chi connectivity index (χ4v) is 2.98. The highest BCUT2D eigenvalue weighted by Crippen LogP contribution is 2.42. The van der Waals surface area contributed by atoms with Gasteiger partial charge in [-0.1, -0.05) is 12.1 Å². The summed E-state index contributed by atoms with van der Waals surface area (Å²) >= 11 is 1.19. The van der Waals surface area contributed by atoms with Crippen LogP contribution in [0.3, 0.4) is 0 Å². The van der Waals surface area contributed by atoms with Gasteiger partial charge in [0.1, 0.15) is 5.01 Å². The normalized spacial score (nSPS) is 10.7. The van der Waals surface area contributed by atoms with Crippen molar-refractivity contribution in [3.8, 4) is 16.3 Å². The zero-order valence-corrected chi connectivity index (χ0v) is 11.6. The highest BCUT2D eigenvalue weighted by atomic mass is 32.1. The summed E-state index contributed by atoms with van der Waals surface area (Å²) in [5, 5.41) is 32.2. The molecule has 0 aliphatic heterocycles. The molecule has 0 spiro atoms. The number of hydrogen-bond donors (Lipinski definition) is 1. The zero-order chi connectivity index (χ0) is 15.9. The van der Waals surface area contributed by atoms with Crippen molar-refractivity contribution in [3.63, 3.8) is 0 Å². The van der Waals surface area contributed by atoms with E-state index in [1.807, 2.05) is 0 Å². The van der Waals surface area contributed by atoms with Crippen LogP contribution in [0, 0.1) is 20.2 Å². The minimum Gasteiger partial charge on any atom is -0.502 e. The molecule has 0 aliphatic carbocycles.